The molecule has 0 fully saturated rings. The summed E-state index contributed by atoms with van der Waals surface area (Å²) in [4.78, 5) is 12.5. The van der Waals surface area contributed by atoms with Crippen LogP contribution < -0.4 is 0 Å². The maximum atomic E-state index is 12.5. The molecule has 0 heterocycles. The van der Waals surface area contributed by atoms with Crippen molar-refractivity contribution in [3.8, 4) is 0 Å². The topological polar surface area (TPSA) is 17.1 Å². The normalized spacial score (nSPS) is 11.0. The number of Topliss-reactive ketones (excluding diaryl/α,β-unsaturated/α-hetero) is 1. The van der Waals surface area contributed by atoms with Gasteiger partial charge in [0.25, 0.3) is 0 Å². The summed E-state index contributed by atoms with van der Waals surface area (Å²) in [6.45, 7) is 4.14. The van der Waals surface area contributed by atoms with Crippen LogP contribution in [0.15, 0.2) is 12.1 Å². The summed E-state index contributed by atoms with van der Waals surface area (Å²) in [7, 11) is 0. The van der Waals surface area contributed by atoms with Crippen molar-refractivity contribution in [3.63, 3.8) is 0 Å². The first-order valence-corrected chi connectivity index (χ1v) is 7.33. The summed E-state index contributed by atoms with van der Waals surface area (Å²) in [6.07, 6.45) is 3.67. The van der Waals surface area contributed by atoms with Crippen LogP contribution in [0, 0.1) is 5.92 Å². The standard InChI is InChI=1S/C14H17Cl3O/c1-3-5-9(6-4-2)14(18)13-11(16)7-10(15)8-12(13)17/h7-9H,3-6H2,1-2H3. The van der Waals surface area contributed by atoms with Crippen molar-refractivity contribution in [2.24, 2.45) is 5.92 Å². The fourth-order valence-corrected chi connectivity index (χ4v) is 3.09. The zero-order valence-electron chi connectivity index (χ0n) is 10.6. The van der Waals surface area contributed by atoms with Gasteiger partial charge in [-0.1, -0.05) is 61.5 Å². The quantitative estimate of drug-likeness (QED) is 0.585. The molecule has 0 N–H and O–H groups in total. The van der Waals surface area contributed by atoms with Crippen molar-refractivity contribution in [3.05, 3.63) is 32.8 Å². The lowest BCUT2D eigenvalue weighted by Gasteiger charge is -2.16. The van der Waals surface area contributed by atoms with Gasteiger partial charge in [0.1, 0.15) is 0 Å². The fourth-order valence-electron chi connectivity index (χ4n) is 2.09. The van der Waals surface area contributed by atoms with Crippen LogP contribution in [0.2, 0.25) is 15.1 Å². The fraction of sp³-hybridized carbons (Fsp3) is 0.500. The second-order valence-corrected chi connectivity index (χ2v) is 5.63. The molecule has 0 aliphatic carbocycles. The predicted molar refractivity (Wildman–Crippen MR) is 79.1 cm³/mol. The average molecular weight is 308 g/mol. The highest BCUT2D eigenvalue weighted by Gasteiger charge is 2.23. The molecule has 0 bridgehead atoms. The Morgan fingerprint density at radius 3 is 1.89 bits per heavy atom. The van der Waals surface area contributed by atoms with Gasteiger partial charge in [-0.2, -0.15) is 0 Å². The summed E-state index contributed by atoms with van der Waals surface area (Å²) in [5.74, 6) is 0.0292. The summed E-state index contributed by atoms with van der Waals surface area (Å²) < 4.78 is 0. The second kappa shape index (κ2) is 7.37. The highest BCUT2D eigenvalue weighted by Crippen LogP contribution is 2.32. The first-order chi connectivity index (χ1) is 8.51. The lowest BCUT2D eigenvalue weighted by atomic mass is 9.90. The number of benzene rings is 1. The molecule has 1 aromatic rings. The van der Waals surface area contributed by atoms with Gasteiger partial charge in [0.05, 0.1) is 15.6 Å². The molecule has 0 saturated heterocycles. The molecule has 0 aromatic heterocycles. The average Bonchev–Trinajstić information content (AvgIpc) is 2.27. The van der Waals surface area contributed by atoms with Gasteiger partial charge in [0.2, 0.25) is 0 Å². The van der Waals surface area contributed by atoms with E-state index in [1.165, 1.54) is 0 Å². The molecule has 0 radical (unpaired) electrons. The monoisotopic (exact) mass is 306 g/mol. The molecular formula is C14H17Cl3O. The number of hydrogen-bond donors (Lipinski definition) is 0. The Balaban J connectivity index is 3.08. The molecule has 1 rings (SSSR count). The van der Waals surface area contributed by atoms with Gasteiger partial charge in [0.15, 0.2) is 5.78 Å². The Bertz CT molecular complexity index is 400. The maximum absolute atomic E-state index is 12.5. The van der Waals surface area contributed by atoms with Gasteiger partial charge in [-0.05, 0) is 25.0 Å². The molecule has 0 aliphatic heterocycles. The van der Waals surface area contributed by atoms with Crippen LogP contribution in [-0.2, 0) is 0 Å². The third kappa shape index (κ3) is 3.88. The lowest BCUT2D eigenvalue weighted by molar-refractivity contribution is 0.0905. The molecule has 1 nitrogen and oxygen atoms in total. The lowest BCUT2D eigenvalue weighted by Crippen LogP contribution is -2.15. The number of halogens is 3. The van der Waals surface area contributed by atoms with Crippen molar-refractivity contribution < 1.29 is 4.79 Å². The summed E-state index contributed by atoms with van der Waals surface area (Å²) in [5.41, 5.74) is 0.412. The van der Waals surface area contributed by atoms with Crippen molar-refractivity contribution in [1.29, 1.82) is 0 Å². The maximum Gasteiger partial charge on any atom is 0.168 e. The molecular weight excluding hydrogens is 291 g/mol. The van der Waals surface area contributed by atoms with Crippen LogP contribution in [0.1, 0.15) is 49.9 Å². The van der Waals surface area contributed by atoms with E-state index in [1.807, 2.05) is 0 Å². The molecule has 100 valence electrons. The van der Waals surface area contributed by atoms with E-state index in [0.717, 1.165) is 25.7 Å². The first-order valence-electron chi connectivity index (χ1n) is 6.20. The van der Waals surface area contributed by atoms with Crippen LogP contribution in [0.5, 0.6) is 0 Å². The zero-order valence-corrected chi connectivity index (χ0v) is 12.9. The van der Waals surface area contributed by atoms with E-state index in [0.29, 0.717) is 20.6 Å². The van der Waals surface area contributed by atoms with Crippen molar-refractivity contribution in [1.82, 2.24) is 0 Å². The molecule has 0 spiro atoms. The van der Waals surface area contributed by atoms with E-state index in [4.69, 9.17) is 34.8 Å². The van der Waals surface area contributed by atoms with Gasteiger partial charge in [0, 0.05) is 10.9 Å². The van der Waals surface area contributed by atoms with Crippen molar-refractivity contribution in [2.45, 2.75) is 39.5 Å². The van der Waals surface area contributed by atoms with Gasteiger partial charge in [-0.25, -0.2) is 0 Å². The van der Waals surface area contributed by atoms with E-state index in [9.17, 15) is 4.79 Å². The molecule has 0 aliphatic rings. The molecule has 0 amide bonds. The first kappa shape index (κ1) is 15.8. The highest BCUT2D eigenvalue weighted by molar-refractivity contribution is 6.42. The SMILES string of the molecule is CCCC(CCC)C(=O)c1c(Cl)cc(Cl)cc1Cl. The molecule has 4 heteroatoms. The van der Waals surface area contributed by atoms with E-state index in [-0.39, 0.29) is 11.7 Å². The minimum atomic E-state index is -0.00354. The molecule has 18 heavy (non-hydrogen) atoms. The Kier molecular flexibility index (Phi) is 6.48. The van der Waals surface area contributed by atoms with Crippen LogP contribution >= 0.6 is 34.8 Å². The van der Waals surface area contributed by atoms with E-state index in [1.54, 1.807) is 12.1 Å². The zero-order chi connectivity index (χ0) is 13.7. The minimum absolute atomic E-state index is 0.00354. The summed E-state index contributed by atoms with van der Waals surface area (Å²) in [6, 6.07) is 3.13. The third-order valence-electron chi connectivity index (χ3n) is 2.90. The summed E-state index contributed by atoms with van der Waals surface area (Å²) in [5, 5.41) is 1.13. The van der Waals surface area contributed by atoms with Gasteiger partial charge in [-0.3, -0.25) is 4.79 Å². The smallest absolute Gasteiger partial charge is 0.168 e. The van der Waals surface area contributed by atoms with Gasteiger partial charge in [-0.15, -0.1) is 0 Å². The Labute approximate surface area is 123 Å². The Morgan fingerprint density at radius 1 is 1.06 bits per heavy atom. The number of carbonyl (C=O) groups is 1. The van der Waals surface area contributed by atoms with E-state index < -0.39 is 0 Å². The number of carbonyl (C=O) groups excluding carboxylic acids is 1. The van der Waals surface area contributed by atoms with Crippen LogP contribution in [0.3, 0.4) is 0 Å². The van der Waals surface area contributed by atoms with Crippen molar-refractivity contribution >= 4 is 40.6 Å². The summed E-state index contributed by atoms with van der Waals surface area (Å²) >= 11 is 18.0. The van der Waals surface area contributed by atoms with Crippen molar-refractivity contribution in [2.75, 3.05) is 0 Å². The largest absolute Gasteiger partial charge is 0.294 e. The van der Waals surface area contributed by atoms with Crippen LogP contribution in [-0.4, -0.2) is 5.78 Å². The Hall–Kier alpha value is -0.240. The molecule has 0 atom stereocenters. The van der Waals surface area contributed by atoms with Gasteiger partial charge >= 0.3 is 0 Å². The third-order valence-corrected chi connectivity index (χ3v) is 3.71. The number of ketones is 1. The second-order valence-electron chi connectivity index (χ2n) is 4.38. The van der Waals surface area contributed by atoms with Crippen LogP contribution in [0.25, 0.3) is 0 Å². The number of rotatable bonds is 6. The highest BCUT2D eigenvalue weighted by atomic mass is 35.5. The van der Waals surface area contributed by atoms with E-state index >= 15 is 0 Å². The minimum Gasteiger partial charge on any atom is -0.294 e. The number of hydrogen-bond acceptors (Lipinski definition) is 1. The van der Waals surface area contributed by atoms with Gasteiger partial charge < -0.3 is 0 Å². The molecule has 1 aromatic carbocycles. The van der Waals surface area contributed by atoms with E-state index in [2.05, 4.69) is 13.8 Å². The Morgan fingerprint density at radius 2 is 1.50 bits per heavy atom. The predicted octanol–water partition coefficient (Wildman–Crippen LogP) is 6.05. The molecule has 0 saturated carbocycles. The molecule has 0 unspecified atom stereocenters. The van der Waals surface area contributed by atoms with Crippen LogP contribution in [0.4, 0.5) is 0 Å².